The summed E-state index contributed by atoms with van der Waals surface area (Å²) >= 11 is 1.25. The quantitative estimate of drug-likeness (QED) is 0.466. The summed E-state index contributed by atoms with van der Waals surface area (Å²) in [4.78, 5) is 0. The minimum atomic E-state index is 0. The summed E-state index contributed by atoms with van der Waals surface area (Å²) in [6.07, 6.45) is 7.70. The average Bonchev–Trinajstić information content (AvgIpc) is 2.31. The molecule has 0 heterocycles. The first-order valence-electron chi connectivity index (χ1n) is 4.36. The Labute approximate surface area is 109 Å². The van der Waals surface area contributed by atoms with Crippen LogP contribution in [0.3, 0.4) is 0 Å². The Morgan fingerprint density at radius 2 is 2.00 bits per heavy atom. The Morgan fingerprint density at radius 3 is 2.38 bits per heavy atom. The van der Waals surface area contributed by atoms with Crippen molar-refractivity contribution in [2.75, 3.05) is 0 Å². The minimum absolute atomic E-state index is 0. The van der Waals surface area contributed by atoms with E-state index in [9.17, 15) is 0 Å². The molecular weight excluding hydrogens is 370 g/mol. The molecule has 0 nitrogen and oxygen atoms in total. The molecule has 3 heteroatoms. The van der Waals surface area contributed by atoms with E-state index in [1.807, 2.05) is 0 Å². The summed E-state index contributed by atoms with van der Waals surface area (Å²) in [6.45, 7) is 4.52. The summed E-state index contributed by atoms with van der Waals surface area (Å²) in [5.74, 6) is 0. The predicted octanol–water partition coefficient (Wildman–Crippen LogP) is -2.66. The van der Waals surface area contributed by atoms with E-state index in [0.717, 1.165) is 0 Å². The minimum Gasteiger partial charge on any atom is -1.00 e. The zero-order chi connectivity index (χ0) is 8.27. The molecule has 0 aliphatic heterocycles. The van der Waals surface area contributed by atoms with E-state index >= 15 is 0 Å². The molecule has 0 aromatic rings. The molecular formula is C10H15Cl2Hf. The van der Waals surface area contributed by atoms with Crippen molar-refractivity contribution in [3.8, 4) is 0 Å². The van der Waals surface area contributed by atoms with Crippen LogP contribution in [0, 0.1) is 0 Å². The van der Waals surface area contributed by atoms with Crippen LogP contribution in [0.4, 0.5) is 0 Å². The van der Waals surface area contributed by atoms with Crippen LogP contribution in [0.5, 0.6) is 0 Å². The monoisotopic (exact) mass is 385 g/mol. The molecule has 0 spiro atoms. The number of hydrogen-bond donors (Lipinski definition) is 0. The Kier molecular flexibility index (Phi) is 10.4. The van der Waals surface area contributed by atoms with Crippen LogP contribution < -0.4 is 24.8 Å². The largest absolute Gasteiger partial charge is 1.00 e. The second-order valence-corrected chi connectivity index (χ2v) is 4.97. The van der Waals surface area contributed by atoms with Crippen LogP contribution in [0.2, 0.25) is 0 Å². The molecule has 13 heavy (non-hydrogen) atoms. The van der Waals surface area contributed by atoms with Crippen LogP contribution in [0.25, 0.3) is 0 Å². The maximum Gasteiger partial charge on any atom is -1.00 e. The van der Waals surface area contributed by atoms with Gasteiger partial charge in [0.2, 0.25) is 0 Å². The molecule has 1 rings (SSSR count). The molecule has 0 amide bonds. The first-order valence-corrected chi connectivity index (χ1v) is 6.16. The fourth-order valence-electron chi connectivity index (χ4n) is 1.38. The fraction of sp³-hybridized carbons (Fsp3) is 0.600. The second-order valence-electron chi connectivity index (χ2n) is 3.17. The van der Waals surface area contributed by atoms with Crippen molar-refractivity contribution in [2.24, 2.45) is 0 Å². The van der Waals surface area contributed by atoms with Gasteiger partial charge in [-0.25, -0.2) is 0 Å². The average molecular weight is 385 g/mol. The molecule has 0 bridgehead atoms. The van der Waals surface area contributed by atoms with E-state index < -0.39 is 0 Å². The summed E-state index contributed by atoms with van der Waals surface area (Å²) in [6, 6.07) is 0. The molecule has 0 saturated heterocycles. The number of halogens is 2. The van der Waals surface area contributed by atoms with Gasteiger partial charge in [0.25, 0.3) is 0 Å². The van der Waals surface area contributed by atoms with Crippen LogP contribution in [0.15, 0.2) is 20.6 Å². The molecule has 0 fully saturated rings. The van der Waals surface area contributed by atoms with E-state index in [-0.39, 0.29) is 24.8 Å². The van der Waals surface area contributed by atoms with Crippen molar-refractivity contribution >= 4 is 0 Å². The number of allylic oxidation sites excluding steroid dienone is 4. The van der Waals surface area contributed by atoms with Gasteiger partial charge in [-0.1, -0.05) is 0 Å². The van der Waals surface area contributed by atoms with Gasteiger partial charge < -0.3 is 24.8 Å². The van der Waals surface area contributed by atoms with Gasteiger partial charge in [0.15, 0.2) is 0 Å². The zero-order valence-corrected chi connectivity index (χ0v) is 13.3. The van der Waals surface area contributed by atoms with Crippen molar-refractivity contribution in [1.29, 1.82) is 0 Å². The SMILES string of the molecule is CCCCC1=[C]([Hf+2])C(C)=CC1.[Cl-].[Cl-]. The molecule has 1 aliphatic carbocycles. The zero-order valence-electron chi connectivity index (χ0n) is 8.16. The molecule has 0 N–H and O–H groups in total. The summed E-state index contributed by atoms with van der Waals surface area (Å²) in [7, 11) is 0. The molecule has 0 aromatic carbocycles. The first-order chi connectivity index (χ1) is 5.25. The van der Waals surface area contributed by atoms with Gasteiger partial charge in [0, 0.05) is 0 Å². The number of rotatable bonds is 3. The standard InChI is InChI=1S/C10H15.2ClH.Hf/c1-3-4-5-10-7-6-9(2)8-10;;;/h6H,3-5,7H2,1-2H3;2*1H;/q;;;+2/p-2. The van der Waals surface area contributed by atoms with Gasteiger partial charge in [0.1, 0.15) is 0 Å². The van der Waals surface area contributed by atoms with Crippen LogP contribution >= 0.6 is 0 Å². The molecule has 0 aromatic heterocycles. The van der Waals surface area contributed by atoms with E-state index in [1.54, 1.807) is 14.5 Å². The van der Waals surface area contributed by atoms with Gasteiger partial charge in [-0.05, 0) is 0 Å². The molecule has 1 aliphatic rings. The second kappa shape index (κ2) is 8.26. The van der Waals surface area contributed by atoms with Crippen molar-refractivity contribution < 1.29 is 49.2 Å². The van der Waals surface area contributed by atoms with Crippen LogP contribution in [0.1, 0.15) is 39.5 Å². The van der Waals surface area contributed by atoms with Crippen LogP contribution in [-0.2, 0) is 24.4 Å². The Hall–Kier alpha value is 0.930. The van der Waals surface area contributed by atoms with Gasteiger partial charge in [-0.15, -0.1) is 0 Å². The summed E-state index contributed by atoms with van der Waals surface area (Å²) in [5.41, 5.74) is 3.29. The van der Waals surface area contributed by atoms with E-state index in [4.69, 9.17) is 0 Å². The third-order valence-electron chi connectivity index (χ3n) is 2.23. The van der Waals surface area contributed by atoms with Gasteiger partial charge in [0.05, 0.1) is 0 Å². The molecule has 0 radical (unpaired) electrons. The number of hydrogen-bond acceptors (Lipinski definition) is 0. The Balaban J connectivity index is 0. The molecule has 0 atom stereocenters. The molecule has 0 unspecified atom stereocenters. The summed E-state index contributed by atoms with van der Waals surface area (Å²) in [5, 5.41) is 0. The molecule has 0 saturated carbocycles. The van der Waals surface area contributed by atoms with Crippen molar-refractivity contribution in [2.45, 2.75) is 39.5 Å². The first kappa shape index (κ1) is 16.4. The van der Waals surface area contributed by atoms with Gasteiger partial charge >= 0.3 is 84.5 Å². The molecule has 73 valence electrons. The van der Waals surface area contributed by atoms with Gasteiger partial charge in [-0.3, -0.25) is 0 Å². The Morgan fingerprint density at radius 1 is 1.38 bits per heavy atom. The van der Waals surface area contributed by atoms with Crippen molar-refractivity contribution in [3.63, 3.8) is 0 Å². The number of unbranched alkanes of at least 4 members (excludes halogenated alkanes) is 1. The van der Waals surface area contributed by atoms with Crippen molar-refractivity contribution in [1.82, 2.24) is 0 Å². The smallest absolute Gasteiger partial charge is 1.00 e. The van der Waals surface area contributed by atoms with E-state index in [1.165, 1.54) is 50.1 Å². The summed E-state index contributed by atoms with van der Waals surface area (Å²) < 4.78 is 1.69. The van der Waals surface area contributed by atoms with Crippen molar-refractivity contribution in [3.05, 3.63) is 20.6 Å². The third-order valence-corrected chi connectivity index (χ3v) is 4.92. The Bertz CT molecular complexity index is 207. The maximum absolute atomic E-state index is 2.38. The maximum atomic E-state index is 2.38. The van der Waals surface area contributed by atoms with Gasteiger partial charge in [-0.2, -0.15) is 0 Å². The fourth-order valence-corrected chi connectivity index (χ4v) is 2.56. The normalized spacial score (nSPS) is 14.9. The van der Waals surface area contributed by atoms with E-state index in [0.29, 0.717) is 0 Å². The third kappa shape index (κ3) is 4.80. The van der Waals surface area contributed by atoms with E-state index in [2.05, 4.69) is 19.9 Å². The predicted molar refractivity (Wildman–Crippen MR) is 44.9 cm³/mol. The topological polar surface area (TPSA) is 0 Å². The van der Waals surface area contributed by atoms with Crippen LogP contribution in [-0.4, -0.2) is 0 Å².